The summed E-state index contributed by atoms with van der Waals surface area (Å²) in [6.07, 6.45) is 6.78. The van der Waals surface area contributed by atoms with Crippen molar-refractivity contribution in [1.82, 2.24) is 15.2 Å². The van der Waals surface area contributed by atoms with Gasteiger partial charge in [-0.15, -0.1) is 0 Å². The standard InChI is InChI=1S/C14H19ClN4/c1-19-10-12(9-17-19)4-7-14(18-16)8-11-2-5-13(15)6-3-11/h2-3,5-6,9-10,14,18H,4,7-8,16H2,1H3. The summed E-state index contributed by atoms with van der Waals surface area (Å²) >= 11 is 5.88. The van der Waals surface area contributed by atoms with Crippen molar-refractivity contribution < 1.29 is 0 Å². The molecule has 4 nitrogen and oxygen atoms in total. The molecule has 0 aliphatic heterocycles. The third-order valence-electron chi connectivity index (χ3n) is 3.17. The second-order valence-corrected chi connectivity index (χ2v) is 5.19. The maximum Gasteiger partial charge on any atom is 0.0521 e. The monoisotopic (exact) mass is 278 g/mol. The number of nitrogens with one attached hydrogen (secondary N) is 1. The van der Waals surface area contributed by atoms with Crippen LogP contribution in [0, 0.1) is 0 Å². The van der Waals surface area contributed by atoms with Crippen LogP contribution in [0.15, 0.2) is 36.7 Å². The fraction of sp³-hybridized carbons (Fsp3) is 0.357. The number of rotatable bonds is 6. The Balaban J connectivity index is 1.87. The van der Waals surface area contributed by atoms with E-state index in [4.69, 9.17) is 17.4 Å². The van der Waals surface area contributed by atoms with Crippen LogP contribution < -0.4 is 11.3 Å². The molecule has 0 aliphatic carbocycles. The van der Waals surface area contributed by atoms with Gasteiger partial charge in [-0.2, -0.15) is 5.10 Å². The van der Waals surface area contributed by atoms with Crippen LogP contribution in [0.25, 0.3) is 0 Å². The van der Waals surface area contributed by atoms with Gasteiger partial charge in [0.15, 0.2) is 0 Å². The van der Waals surface area contributed by atoms with Crippen LogP contribution in [-0.4, -0.2) is 15.8 Å². The van der Waals surface area contributed by atoms with Crippen LogP contribution in [-0.2, 0) is 19.9 Å². The van der Waals surface area contributed by atoms with Gasteiger partial charge in [-0.3, -0.25) is 16.0 Å². The van der Waals surface area contributed by atoms with E-state index in [2.05, 4.69) is 10.5 Å². The van der Waals surface area contributed by atoms with E-state index in [0.29, 0.717) is 0 Å². The Morgan fingerprint density at radius 1 is 1.32 bits per heavy atom. The molecule has 3 N–H and O–H groups in total. The number of benzene rings is 1. The number of hydrogen-bond acceptors (Lipinski definition) is 3. The van der Waals surface area contributed by atoms with E-state index in [1.165, 1.54) is 11.1 Å². The van der Waals surface area contributed by atoms with E-state index < -0.39 is 0 Å². The molecule has 0 spiro atoms. The molecule has 0 saturated carbocycles. The third-order valence-corrected chi connectivity index (χ3v) is 3.42. The Bertz CT molecular complexity index is 506. The van der Waals surface area contributed by atoms with E-state index in [1.807, 2.05) is 48.4 Å². The summed E-state index contributed by atoms with van der Waals surface area (Å²) in [6, 6.07) is 8.14. The number of hydrazine groups is 1. The number of hydrogen-bond donors (Lipinski definition) is 2. The largest absolute Gasteiger partial charge is 0.276 e. The van der Waals surface area contributed by atoms with Crippen molar-refractivity contribution in [3.05, 3.63) is 52.8 Å². The van der Waals surface area contributed by atoms with Gasteiger partial charge in [0.25, 0.3) is 0 Å². The van der Waals surface area contributed by atoms with Crippen molar-refractivity contribution in [3.63, 3.8) is 0 Å². The Morgan fingerprint density at radius 2 is 2.05 bits per heavy atom. The molecule has 0 saturated heterocycles. The van der Waals surface area contributed by atoms with Crippen LogP contribution in [0.1, 0.15) is 17.5 Å². The fourth-order valence-corrected chi connectivity index (χ4v) is 2.22. The first-order chi connectivity index (χ1) is 9.17. The first-order valence-electron chi connectivity index (χ1n) is 6.35. The molecule has 19 heavy (non-hydrogen) atoms. The van der Waals surface area contributed by atoms with Gasteiger partial charge in [0.1, 0.15) is 0 Å². The van der Waals surface area contributed by atoms with Gasteiger partial charge in [0, 0.05) is 24.3 Å². The van der Waals surface area contributed by atoms with Gasteiger partial charge >= 0.3 is 0 Å². The number of aryl methyl sites for hydroxylation is 2. The molecule has 0 aliphatic rings. The lowest BCUT2D eigenvalue weighted by Gasteiger charge is -2.15. The summed E-state index contributed by atoms with van der Waals surface area (Å²) in [5, 5.41) is 4.92. The van der Waals surface area contributed by atoms with Gasteiger partial charge in [0.2, 0.25) is 0 Å². The molecule has 2 aromatic rings. The number of aromatic nitrogens is 2. The molecular formula is C14H19ClN4. The molecule has 1 heterocycles. The van der Waals surface area contributed by atoms with Crippen LogP contribution in [0.4, 0.5) is 0 Å². The lowest BCUT2D eigenvalue weighted by Crippen LogP contribution is -2.37. The highest BCUT2D eigenvalue weighted by Crippen LogP contribution is 2.13. The summed E-state index contributed by atoms with van der Waals surface area (Å²) in [7, 11) is 1.93. The molecule has 1 unspecified atom stereocenters. The molecule has 0 amide bonds. The lowest BCUT2D eigenvalue weighted by atomic mass is 10.0. The maximum absolute atomic E-state index is 5.88. The SMILES string of the molecule is Cn1cc(CCC(Cc2ccc(Cl)cc2)NN)cn1. The second-order valence-electron chi connectivity index (χ2n) is 4.76. The minimum atomic E-state index is 0.251. The van der Waals surface area contributed by atoms with Crippen LogP contribution in [0.5, 0.6) is 0 Å². The van der Waals surface area contributed by atoms with Crippen molar-refractivity contribution in [2.45, 2.75) is 25.3 Å². The van der Waals surface area contributed by atoms with Crippen LogP contribution >= 0.6 is 11.6 Å². The topological polar surface area (TPSA) is 55.9 Å². The third kappa shape index (κ3) is 4.35. The number of nitrogens with two attached hydrogens (primary N) is 1. The van der Waals surface area contributed by atoms with Gasteiger partial charge in [0.05, 0.1) is 6.20 Å². The van der Waals surface area contributed by atoms with Crippen molar-refractivity contribution in [3.8, 4) is 0 Å². The molecule has 102 valence electrons. The predicted molar refractivity (Wildman–Crippen MR) is 77.8 cm³/mol. The molecular weight excluding hydrogens is 260 g/mol. The summed E-state index contributed by atoms with van der Waals surface area (Å²) in [5.74, 6) is 5.62. The summed E-state index contributed by atoms with van der Waals surface area (Å²) < 4.78 is 1.82. The molecule has 1 atom stereocenters. The molecule has 1 aromatic carbocycles. The van der Waals surface area contributed by atoms with Crippen molar-refractivity contribution in [2.24, 2.45) is 12.9 Å². The molecule has 0 radical (unpaired) electrons. The first kappa shape index (κ1) is 14.1. The fourth-order valence-electron chi connectivity index (χ4n) is 2.09. The summed E-state index contributed by atoms with van der Waals surface area (Å²) in [4.78, 5) is 0. The minimum absolute atomic E-state index is 0.251. The normalized spacial score (nSPS) is 12.6. The zero-order valence-corrected chi connectivity index (χ0v) is 11.8. The average molecular weight is 279 g/mol. The molecule has 0 fully saturated rings. The van der Waals surface area contributed by atoms with Crippen molar-refractivity contribution >= 4 is 11.6 Å². The molecule has 0 bridgehead atoms. The number of halogens is 1. The Kier molecular flexibility index (Phi) is 4.96. The zero-order chi connectivity index (χ0) is 13.7. The quantitative estimate of drug-likeness (QED) is 0.628. The highest BCUT2D eigenvalue weighted by molar-refractivity contribution is 6.30. The summed E-state index contributed by atoms with van der Waals surface area (Å²) in [5.41, 5.74) is 5.35. The highest BCUT2D eigenvalue weighted by Gasteiger charge is 2.08. The van der Waals surface area contributed by atoms with E-state index in [-0.39, 0.29) is 6.04 Å². The lowest BCUT2D eigenvalue weighted by molar-refractivity contribution is 0.491. The van der Waals surface area contributed by atoms with Gasteiger partial charge < -0.3 is 0 Å². The average Bonchev–Trinajstić information content (AvgIpc) is 2.82. The smallest absolute Gasteiger partial charge is 0.0521 e. The number of nitrogens with zero attached hydrogens (tertiary/aromatic N) is 2. The Hall–Kier alpha value is -1.36. The first-order valence-corrected chi connectivity index (χ1v) is 6.73. The van der Waals surface area contributed by atoms with Crippen LogP contribution in [0.3, 0.4) is 0 Å². The molecule has 2 rings (SSSR count). The van der Waals surface area contributed by atoms with E-state index in [9.17, 15) is 0 Å². The van der Waals surface area contributed by atoms with E-state index in [1.54, 1.807) is 0 Å². The van der Waals surface area contributed by atoms with Gasteiger partial charge in [-0.25, -0.2) is 0 Å². The highest BCUT2D eigenvalue weighted by atomic mass is 35.5. The van der Waals surface area contributed by atoms with Gasteiger partial charge in [-0.1, -0.05) is 23.7 Å². The summed E-state index contributed by atoms with van der Waals surface area (Å²) in [6.45, 7) is 0. The van der Waals surface area contributed by atoms with Crippen molar-refractivity contribution in [2.75, 3.05) is 0 Å². The Labute approximate surface area is 118 Å². The zero-order valence-electron chi connectivity index (χ0n) is 11.0. The van der Waals surface area contributed by atoms with Crippen molar-refractivity contribution in [1.29, 1.82) is 0 Å². The van der Waals surface area contributed by atoms with E-state index >= 15 is 0 Å². The van der Waals surface area contributed by atoms with E-state index in [0.717, 1.165) is 24.3 Å². The Morgan fingerprint density at radius 3 is 2.63 bits per heavy atom. The minimum Gasteiger partial charge on any atom is -0.276 e. The van der Waals surface area contributed by atoms with Gasteiger partial charge in [-0.05, 0) is 42.5 Å². The van der Waals surface area contributed by atoms with Crippen LogP contribution in [0.2, 0.25) is 5.02 Å². The molecule has 5 heteroatoms. The maximum atomic E-state index is 5.88. The molecule has 1 aromatic heterocycles. The predicted octanol–water partition coefficient (Wildman–Crippen LogP) is 2.08. The second kappa shape index (κ2) is 6.70.